The first-order valence-electron chi connectivity index (χ1n) is 10.8. The summed E-state index contributed by atoms with van der Waals surface area (Å²) in [6, 6.07) is 5.40. The quantitative estimate of drug-likeness (QED) is 0.370. The van der Waals surface area contributed by atoms with E-state index < -0.39 is 18.1 Å². The lowest BCUT2D eigenvalue weighted by Gasteiger charge is -2.37. The molecule has 33 heavy (non-hydrogen) atoms. The summed E-state index contributed by atoms with van der Waals surface area (Å²) in [7, 11) is 1.77. The number of fused-ring (bicyclic) bond motifs is 1. The van der Waals surface area contributed by atoms with E-state index in [0.29, 0.717) is 25.2 Å². The van der Waals surface area contributed by atoms with Gasteiger partial charge in [0.15, 0.2) is 0 Å². The van der Waals surface area contributed by atoms with Crippen LogP contribution in [0.5, 0.6) is 0 Å². The smallest absolute Gasteiger partial charge is 0.394 e. The Balaban J connectivity index is 1.69. The van der Waals surface area contributed by atoms with Crippen LogP contribution in [0.3, 0.4) is 0 Å². The molecular formula is C24H30F3N5O. The number of nitrogens with zero attached hydrogens (tertiary/aromatic N) is 1. The van der Waals surface area contributed by atoms with Gasteiger partial charge in [0.25, 0.3) is 0 Å². The van der Waals surface area contributed by atoms with Crippen molar-refractivity contribution < 1.29 is 18.0 Å². The molecule has 2 atom stereocenters. The van der Waals surface area contributed by atoms with Gasteiger partial charge in [0.2, 0.25) is 5.91 Å². The summed E-state index contributed by atoms with van der Waals surface area (Å²) in [5.41, 5.74) is 2.72. The van der Waals surface area contributed by atoms with E-state index in [1.807, 2.05) is 31.3 Å². The number of hydrogen-bond donors (Lipinski definition) is 4. The molecule has 0 fully saturated rings. The Morgan fingerprint density at radius 3 is 2.85 bits per heavy atom. The Labute approximate surface area is 192 Å². The molecule has 2 heterocycles. The molecule has 0 aromatic heterocycles. The van der Waals surface area contributed by atoms with Crippen LogP contribution in [0, 0.1) is 16.7 Å². The minimum absolute atomic E-state index is 0.0869. The van der Waals surface area contributed by atoms with E-state index in [0.717, 1.165) is 16.7 Å². The highest BCUT2D eigenvalue weighted by Crippen LogP contribution is 2.36. The molecule has 1 aromatic rings. The van der Waals surface area contributed by atoms with Gasteiger partial charge in [0.05, 0.1) is 6.54 Å². The fraction of sp³-hybridized carbons (Fsp3) is 0.417. The zero-order valence-electron chi connectivity index (χ0n) is 18.8. The van der Waals surface area contributed by atoms with E-state index in [1.54, 1.807) is 25.4 Å². The minimum atomic E-state index is -4.23. The molecule has 9 heteroatoms. The molecule has 2 unspecified atom stereocenters. The fourth-order valence-corrected chi connectivity index (χ4v) is 4.35. The second kappa shape index (κ2) is 10.2. The third kappa shape index (κ3) is 6.47. The third-order valence-corrected chi connectivity index (χ3v) is 6.02. The number of benzene rings is 1. The molecule has 0 bridgehead atoms. The number of allylic oxidation sites excluding steroid dienone is 2. The number of rotatable bonds is 7. The monoisotopic (exact) mass is 461 g/mol. The molecule has 1 amide bonds. The number of nitrogens with one attached hydrogen (secondary N) is 4. The molecule has 0 spiro atoms. The zero-order valence-corrected chi connectivity index (χ0v) is 18.8. The van der Waals surface area contributed by atoms with Crippen LogP contribution < -0.4 is 16.0 Å². The van der Waals surface area contributed by atoms with E-state index >= 15 is 0 Å². The van der Waals surface area contributed by atoms with Gasteiger partial charge >= 0.3 is 6.18 Å². The van der Waals surface area contributed by atoms with Gasteiger partial charge in [-0.15, -0.1) is 0 Å². The first-order chi connectivity index (χ1) is 15.6. The first kappa shape index (κ1) is 24.6. The molecule has 3 rings (SSSR count). The van der Waals surface area contributed by atoms with Crippen molar-refractivity contribution in [1.82, 2.24) is 15.5 Å². The van der Waals surface area contributed by atoms with Crippen LogP contribution in [0.15, 0.2) is 54.4 Å². The second-order valence-electron chi connectivity index (χ2n) is 8.68. The van der Waals surface area contributed by atoms with Crippen LogP contribution in [-0.4, -0.2) is 49.9 Å². The van der Waals surface area contributed by atoms with Crippen LogP contribution in [0.1, 0.15) is 18.1 Å². The highest BCUT2D eigenvalue weighted by Gasteiger charge is 2.34. The summed E-state index contributed by atoms with van der Waals surface area (Å²) >= 11 is 0. The number of anilines is 1. The van der Waals surface area contributed by atoms with E-state index in [-0.39, 0.29) is 18.4 Å². The Kier molecular flexibility index (Phi) is 7.63. The van der Waals surface area contributed by atoms with Gasteiger partial charge in [-0.25, -0.2) is 0 Å². The number of alkyl halides is 3. The maximum absolute atomic E-state index is 12.7. The van der Waals surface area contributed by atoms with Gasteiger partial charge in [0.1, 0.15) is 0 Å². The minimum Gasteiger partial charge on any atom is -0.394 e. The highest BCUT2D eigenvalue weighted by atomic mass is 19.4. The predicted octanol–water partition coefficient (Wildman–Crippen LogP) is 3.59. The summed E-state index contributed by atoms with van der Waals surface area (Å²) in [5.74, 6) is -0.405. The number of halogens is 3. The Morgan fingerprint density at radius 2 is 2.15 bits per heavy atom. The molecule has 6 nitrogen and oxygen atoms in total. The van der Waals surface area contributed by atoms with Crippen LogP contribution in [-0.2, 0) is 17.8 Å². The van der Waals surface area contributed by atoms with Crippen molar-refractivity contribution in [1.29, 1.82) is 5.41 Å². The number of amides is 1. The third-order valence-electron chi connectivity index (χ3n) is 6.02. The van der Waals surface area contributed by atoms with Crippen molar-refractivity contribution >= 4 is 17.8 Å². The van der Waals surface area contributed by atoms with E-state index in [9.17, 15) is 18.0 Å². The summed E-state index contributed by atoms with van der Waals surface area (Å²) < 4.78 is 38.2. The lowest BCUT2D eigenvalue weighted by atomic mass is 9.71. The average Bonchev–Trinajstić information content (AvgIpc) is 2.75. The number of hydrogen-bond acceptors (Lipinski definition) is 5. The molecular weight excluding hydrogens is 431 g/mol. The highest BCUT2D eigenvalue weighted by molar-refractivity contribution is 5.99. The number of carbonyl (C=O) groups excluding carboxylic acids is 1. The second-order valence-corrected chi connectivity index (χ2v) is 8.68. The van der Waals surface area contributed by atoms with E-state index in [4.69, 9.17) is 5.41 Å². The van der Waals surface area contributed by atoms with Gasteiger partial charge in [-0.05, 0) is 47.5 Å². The van der Waals surface area contributed by atoms with Crippen LogP contribution in [0.25, 0.3) is 0 Å². The lowest BCUT2D eigenvalue weighted by molar-refractivity contribution is -0.147. The maximum atomic E-state index is 12.7. The summed E-state index contributed by atoms with van der Waals surface area (Å²) in [5, 5.41) is 16.7. The molecule has 0 aliphatic carbocycles. The fourth-order valence-electron chi connectivity index (χ4n) is 4.35. The molecule has 1 aromatic carbocycles. The molecule has 0 saturated heterocycles. The molecule has 2 aliphatic rings. The maximum Gasteiger partial charge on any atom is 0.401 e. The van der Waals surface area contributed by atoms with Gasteiger partial charge in [-0.2, -0.15) is 13.2 Å². The van der Waals surface area contributed by atoms with Crippen molar-refractivity contribution in [3.05, 3.63) is 65.5 Å². The van der Waals surface area contributed by atoms with Crippen LogP contribution in [0.4, 0.5) is 18.9 Å². The van der Waals surface area contributed by atoms with Crippen molar-refractivity contribution in [2.75, 3.05) is 32.0 Å². The first-order valence-corrected chi connectivity index (χ1v) is 10.8. The van der Waals surface area contributed by atoms with Gasteiger partial charge in [0, 0.05) is 56.1 Å². The average molecular weight is 462 g/mol. The van der Waals surface area contributed by atoms with Crippen molar-refractivity contribution in [2.24, 2.45) is 11.3 Å². The predicted molar refractivity (Wildman–Crippen MR) is 124 cm³/mol. The topological polar surface area (TPSA) is 80.2 Å². The van der Waals surface area contributed by atoms with Gasteiger partial charge < -0.3 is 21.4 Å². The van der Waals surface area contributed by atoms with Crippen molar-refractivity contribution in [2.45, 2.75) is 26.1 Å². The standard InChI is InChI=1S/C24H30F3N5O/c1-23(15-30-9-6-21(23)19(12-28)13-29-2)8-5-22(33)31-20-4-3-17-7-10-32(14-18(17)11-20)16-24(25,26)27/h3-6,8-9,11-13,21,28-30H,7,10,14-16H2,1-2H3,(H,31,33)/b8-5+,19-13+,28-12?. The number of carbonyl (C=O) groups is 1. The molecule has 0 radical (unpaired) electrons. The normalized spacial score (nSPS) is 23.7. The Bertz CT molecular complexity index is 969. The van der Waals surface area contributed by atoms with Gasteiger partial charge in [-0.1, -0.05) is 25.1 Å². The zero-order chi connectivity index (χ0) is 24.1. The summed E-state index contributed by atoms with van der Waals surface area (Å²) in [6.07, 6.45) is 6.52. The molecule has 4 N–H and O–H groups in total. The van der Waals surface area contributed by atoms with Crippen LogP contribution in [0.2, 0.25) is 0 Å². The summed E-state index contributed by atoms with van der Waals surface area (Å²) in [6.45, 7) is 2.24. The lowest BCUT2D eigenvalue weighted by Crippen LogP contribution is -2.39. The van der Waals surface area contributed by atoms with E-state index in [1.165, 1.54) is 17.2 Å². The van der Waals surface area contributed by atoms with Crippen LogP contribution >= 0.6 is 0 Å². The van der Waals surface area contributed by atoms with Gasteiger partial charge in [-0.3, -0.25) is 9.69 Å². The van der Waals surface area contributed by atoms with E-state index in [2.05, 4.69) is 16.0 Å². The summed E-state index contributed by atoms with van der Waals surface area (Å²) in [4.78, 5) is 14.0. The van der Waals surface area contributed by atoms with Crippen molar-refractivity contribution in [3.63, 3.8) is 0 Å². The Morgan fingerprint density at radius 1 is 1.36 bits per heavy atom. The SMILES string of the molecule is CN/C=C(\C=N)C1C=CNCC1(C)/C=C/C(=O)Nc1ccc2c(c1)CN(CC(F)(F)F)CC2. The largest absolute Gasteiger partial charge is 0.401 e. The molecule has 178 valence electrons. The molecule has 2 aliphatic heterocycles. The Hall–Kier alpha value is -3.07. The molecule has 0 saturated carbocycles. The van der Waals surface area contributed by atoms with Crippen molar-refractivity contribution in [3.8, 4) is 0 Å².